The highest BCUT2D eigenvalue weighted by Gasteiger charge is 2.25. The fourth-order valence-electron chi connectivity index (χ4n) is 4.43. The van der Waals surface area contributed by atoms with Gasteiger partial charge in [0.15, 0.2) is 0 Å². The quantitative estimate of drug-likeness (QED) is 0.293. The molecule has 0 unspecified atom stereocenters. The molecule has 1 aliphatic heterocycles. The molecule has 0 bridgehead atoms. The van der Waals surface area contributed by atoms with Gasteiger partial charge in [-0.1, -0.05) is 6.07 Å². The summed E-state index contributed by atoms with van der Waals surface area (Å²) in [6.07, 6.45) is 8.98. The van der Waals surface area contributed by atoms with Crippen molar-refractivity contribution in [1.29, 1.82) is 0 Å². The number of amides is 1. The van der Waals surface area contributed by atoms with Crippen LogP contribution in [0.2, 0.25) is 0 Å². The molecule has 10 heteroatoms. The van der Waals surface area contributed by atoms with Crippen LogP contribution in [-0.4, -0.2) is 53.5 Å². The van der Waals surface area contributed by atoms with Crippen molar-refractivity contribution in [3.05, 3.63) is 40.5 Å². The number of nitrogens with one attached hydrogen (secondary N) is 2. The maximum atomic E-state index is 12.7. The number of carbonyl (C=O) groups excluding carboxylic acids is 1. The molecule has 6 nitrogen and oxygen atoms in total. The number of likely N-dealkylation sites (tertiary alicyclic amines) is 1. The Bertz CT molecular complexity index is 1150. The third-order valence-electron chi connectivity index (χ3n) is 6.61. The number of nitrogens with zero attached hydrogens (tertiary/aromatic N) is 3. The highest BCUT2D eigenvalue weighted by Crippen LogP contribution is 2.37. The van der Waals surface area contributed by atoms with Gasteiger partial charge in [-0.05, 0) is 98.7 Å². The highest BCUT2D eigenvalue weighted by molar-refractivity contribution is 9.10. The molecule has 1 saturated carbocycles. The van der Waals surface area contributed by atoms with E-state index in [0.717, 1.165) is 62.4 Å². The van der Waals surface area contributed by atoms with Crippen molar-refractivity contribution in [3.8, 4) is 10.6 Å². The Labute approximate surface area is 231 Å². The van der Waals surface area contributed by atoms with Gasteiger partial charge >= 0.3 is 0 Å². The van der Waals surface area contributed by atoms with Gasteiger partial charge in [-0.15, -0.1) is 36.2 Å². The number of carbonyl (C=O) groups is 1. The third kappa shape index (κ3) is 7.07. The summed E-state index contributed by atoms with van der Waals surface area (Å²) in [6.45, 7) is 3.32. The fourth-order valence-corrected chi connectivity index (χ4v) is 6.06. The van der Waals surface area contributed by atoms with Crippen LogP contribution < -0.4 is 10.6 Å². The first-order valence-electron chi connectivity index (χ1n) is 11.9. The Hall–Kier alpha value is -1.45. The molecule has 1 saturated heterocycles. The first kappa shape index (κ1) is 28.1. The molecule has 2 aromatic heterocycles. The predicted molar refractivity (Wildman–Crippen MR) is 153 cm³/mol. The van der Waals surface area contributed by atoms with Crippen molar-refractivity contribution >= 4 is 74.0 Å². The second-order valence-electron chi connectivity index (χ2n) is 9.28. The van der Waals surface area contributed by atoms with Crippen LogP contribution in [0.25, 0.3) is 20.7 Å². The molecule has 1 amide bonds. The second kappa shape index (κ2) is 12.7. The third-order valence-corrected chi connectivity index (χ3v) is 8.29. The average molecular weight is 601 g/mol. The lowest BCUT2D eigenvalue weighted by atomic mass is 9.92. The van der Waals surface area contributed by atoms with Crippen LogP contribution >= 0.6 is 52.1 Å². The van der Waals surface area contributed by atoms with Gasteiger partial charge in [0.2, 0.25) is 5.95 Å². The number of aromatic nitrogens is 2. The zero-order valence-corrected chi connectivity index (χ0v) is 23.8. The SMILES string of the molecule is CN1CCC(CCCNc2ncc(Br)c(-c3cc4c(C(=O)NC5CC5)cccc4s3)n2)CC1.Cl.Cl. The highest BCUT2D eigenvalue weighted by atomic mass is 79.9. The van der Waals surface area contributed by atoms with E-state index in [9.17, 15) is 4.79 Å². The molecule has 1 aromatic carbocycles. The van der Waals surface area contributed by atoms with E-state index in [-0.39, 0.29) is 30.7 Å². The maximum absolute atomic E-state index is 12.7. The van der Waals surface area contributed by atoms with Gasteiger partial charge in [0.05, 0.1) is 9.35 Å². The Kier molecular flexibility index (Phi) is 10.2. The molecular weight excluding hydrogens is 569 g/mol. The molecule has 190 valence electrons. The molecular formula is C25H32BrCl2N5OS. The number of anilines is 1. The van der Waals surface area contributed by atoms with Crippen LogP contribution in [0, 0.1) is 5.92 Å². The number of thiophene rings is 1. The number of rotatable bonds is 8. The van der Waals surface area contributed by atoms with Crippen LogP contribution in [0.3, 0.4) is 0 Å². The van der Waals surface area contributed by atoms with Crippen LogP contribution in [0.15, 0.2) is 34.9 Å². The minimum atomic E-state index is 0. The van der Waals surface area contributed by atoms with E-state index < -0.39 is 0 Å². The summed E-state index contributed by atoms with van der Waals surface area (Å²) in [5, 5.41) is 7.49. The molecule has 1 aliphatic carbocycles. The van der Waals surface area contributed by atoms with Gasteiger partial charge in [-0.3, -0.25) is 4.79 Å². The lowest BCUT2D eigenvalue weighted by Crippen LogP contribution is -2.30. The average Bonchev–Trinajstić information content (AvgIpc) is 3.52. The summed E-state index contributed by atoms with van der Waals surface area (Å²) in [6, 6.07) is 8.35. The van der Waals surface area contributed by atoms with Crippen LogP contribution in [0.4, 0.5) is 5.95 Å². The molecule has 5 rings (SSSR count). The normalized spacial score (nSPS) is 16.4. The van der Waals surface area contributed by atoms with Crippen LogP contribution in [0.5, 0.6) is 0 Å². The molecule has 3 aromatic rings. The molecule has 0 atom stereocenters. The Balaban J connectivity index is 0.00000171. The van der Waals surface area contributed by atoms with E-state index in [4.69, 9.17) is 4.98 Å². The van der Waals surface area contributed by atoms with E-state index in [0.29, 0.717) is 12.0 Å². The number of benzene rings is 1. The lowest BCUT2D eigenvalue weighted by molar-refractivity contribution is 0.0953. The first-order chi connectivity index (χ1) is 16.1. The first-order valence-corrected chi connectivity index (χ1v) is 13.5. The summed E-state index contributed by atoms with van der Waals surface area (Å²) in [7, 11) is 2.21. The van der Waals surface area contributed by atoms with Crippen molar-refractivity contribution in [1.82, 2.24) is 20.2 Å². The van der Waals surface area contributed by atoms with E-state index in [1.54, 1.807) is 11.3 Å². The van der Waals surface area contributed by atoms with Crippen LogP contribution in [0.1, 0.15) is 48.9 Å². The number of hydrogen-bond donors (Lipinski definition) is 2. The van der Waals surface area contributed by atoms with Gasteiger partial charge in [-0.2, -0.15) is 0 Å². The summed E-state index contributed by atoms with van der Waals surface area (Å²) < 4.78 is 1.95. The van der Waals surface area contributed by atoms with Gasteiger partial charge in [0.25, 0.3) is 5.91 Å². The summed E-state index contributed by atoms with van der Waals surface area (Å²) in [4.78, 5) is 25.4. The van der Waals surface area contributed by atoms with E-state index in [1.807, 2.05) is 18.3 Å². The maximum Gasteiger partial charge on any atom is 0.252 e. The van der Waals surface area contributed by atoms with Crippen molar-refractivity contribution in [2.24, 2.45) is 5.92 Å². The number of fused-ring (bicyclic) bond motifs is 1. The van der Waals surface area contributed by atoms with Gasteiger partial charge in [0, 0.05) is 34.4 Å². The fraction of sp³-hybridized carbons (Fsp3) is 0.480. The number of piperidine rings is 1. The van der Waals surface area contributed by atoms with Gasteiger partial charge < -0.3 is 15.5 Å². The molecule has 3 heterocycles. The smallest absolute Gasteiger partial charge is 0.252 e. The van der Waals surface area contributed by atoms with E-state index in [1.165, 1.54) is 32.4 Å². The molecule has 0 radical (unpaired) electrons. The molecule has 2 fully saturated rings. The lowest BCUT2D eigenvalue weighted by Gasteiger charge is -2.28. The van der Waals surface area contributed by atoms with Crippen molar-refractivity contribution in [2.75, 3.05) is 32.0 Å². The Morgan fingerprint density at radius 2 is 1.97 bits per heavy atom. The zero-order chi connectivity index (χ0) is 22.8. The molecule has 2 aliphatic rings. The van der Waals surface area contributed by atoms with Crippen LogP contribution in [-0.2, 0) is 0 Å². The zero-order valence-electron chi connectivity index (χ0n) is 19.8. The summed E-state index contributed by atoms with van der Waals surface area (Å²) in [5.74, 6) is 1.51. The monoisotopic (exact) mass is 599 g/mol. The summed E-state index contributed by atoms with van der Waals surface area (Å²) >= 11 is 5.28. The topological polar surface area (TPSA) is 70.2 Å². The Morgan fingerprint density at radius 3 is 2.71 bits per heavy atom. The van der Waals surface area contributed by atoms with E-state index in [2.05, 4.69) is 55.6 Å². The molecule has 35 heavy (non-hydrogen) atoms. The molecule has 0 spiro atoms. The second-order valence-corrected chi connectivity index (χ2v) is 11.2. The largest absolute Gasteiger partial charge is 0.354 e. The summed E-state index contributed by atoms with van der Waals surface area (Å²) in [5.41, 5.74) is 1.59. The van der Waals surface area contributed by atoms with E-state index >= 15 is 0 Å². The minimum absolute atomic E-state index is 0. The van der Waals surface area contributed by atoms with Crippen molar-refractivity contribution in [3.63, 3.8) is 0 Å². The van der Waals surface area contributed by atoms with Gasteiger partial charge in [0.1, 0.15) is 5.69 Å². The predicted octanol–water partition coefficient (Wildman–Crippen LogP) is 6.39. The van der Waals surface area contributed by atoms with Gasteiger partial charge in [-0.25, -0.2) is 9.97 Å². The Morgan fingerprint density at radius 1 is 1.20 bits per heavy atom. The van der Waals surface area contributed by atoms with Crippen molar-refractivity contribution in [2.45, 2.75) is 44.6 Å². The minimum Gasteiger partial charge on any atom is -0.354 e. The molecule has 2 N–H and O–H groups in total. The van der Waals surface area contributed by atoms with Crippen molar-refractivity contribution < 1.29 is 4.79 Å². The number of halogens is 3. The number of hydrogen-bond acceptors (Lipinski definition) is 6. The standard InChI is InChI=1S/C25H30BrN5OS.2ClH/c1-31-12-9-16(10-13-31)4-3-11-27-25-28-15-20(26)23(30-25)22-14-19-18(5-2-6-21(19)33-22)24(32)29-17-7-8-17;;/h2,5-6,14-17H,3-4,7-13H2,1H3,(H,29,32)(H,27,28,30);2*1H.